The molecule has 18 heavy (non-hydrogen) atoms. The molecule has 0 aromatic carbocycles. The summed E-state index contributed by atoms with van der Waals surface area (Å²) < 4.78 is 1.78. The van der Waals surface area contributed by atoms with Crippen molar-refractivity contribution in [3.05, 3.63) is 18.2 Å². The van der Waals surface area contributed by atoms with E-state index in [0.29, 0.717) is 11.6 Å². The molecule has 1 atom stereocenters. The van der Waals surface area contributed by atoms with Crippen LogP contribution in [0, 0.1) is 5.92 Å². The van der Waals surface area contributed by atoms with Crippen molar-refractivity contribution in [1.82, 2.24) is 19.8 Å². The van der Waals surface area contributed by atoms with Crippen molar-refractivity contribution < 1.29 is 4.79 Å². The first kappa shape index (κ1) is 13.1. The summed E-state index contributed by atoms with van der Waals surface area (Å²) in [4.78, 5) is 18.3. The van der Waals surface area contributed by atoms with Crippen LogP contribution in [-0.2, 0) is 7.05 Å². The Bertz CT molecular complexity index is 395. The lowest BCUT2D eigenvalue weighted by Gasteiger charge is -2.29. The van der Waals surface area contributed by atoms with E-state index in [4.69, 9.17) is 0 Å². The van der Waals surface area contributed by atoms with Crippen LogP contribution in [0.5, 0.6) is 0 Å². The van der Waals surface area contributed by atoms with Crippen LogP contribution in [0.15, 0.2) is 12.5 Å². The number of piperidine rings is 1. The Morgan fingerprint density at radius 2 is 2.50 bits per heavy atom. The second-order valence-corrected chi connectivity index (χ2v) is 4.95. The molecule has 1 N–H and O–H groups in total. The number of carbonyl (C=O) groups is 1. The van der Waals surface area contributed by atoms with E-state index < -0.39 is 0 Å². The molecule has 0 aliphatic carbocycles. The molecule has 0 saturated carbocycles. The van der Waals surface area contributed by atoms with Crippen molar-refractivity contribution in [2.24, 2.45) is 13.0 Å². The number of hydrogen-bond donors (Lipinski definition) is 1. The fraction of sp³-hybridized carbons (Fsp3) is 0.692. The first-order chi connectivity index (χ1) is 8.72. The maximum atomic E-state index is 12.4. The third-order valence-electron chi connectivity index (χ3n) is 3.58. The number of hydrogen-bond acceptors (Lipinski definition) is 3. The maximum Gasteiger partial charge on any atom is 0.272 e. The normalized spacial score (nSPS) is 19.8. The van der Waals surface area contributed by atoms with Gasteiger partial charge in [-0.1, -0.05) is 0 Å². The lowest BCUT2D eigenvalue weighted by Crippen LogP contribution is -2.41. The van der Waals surface area contributed by atoms with Gasteiger partial charge in [0.15, 0.2) is 0 Å². The van der Waals surface area contributed by atoms with Crippen LogP contribution < -0.4 is 5.32 Å². The minimum absolute atomic E-state index is 0.0862. The molecule has 2 heterocycles. The number of imidazole rings is 1. The van der Waals surface area contributed by atoms with E-state index in [9.17, 15) is 4.79 Å². The maximum absolute atomic E-state index is 12.4. The Morgan fingerprint density at radius 1 is 1.67 bits per heavy atom. The zero-order valence-corrected chi connectivity index (χ0v) is 11.2. The van der Waals surface area contributed by atoms with E-state index in [0.717, 1.165) is 26.2 Å². The summed E-state index contributed by atoms with van der Waals surface area (Å²) in [7, 11) is 1.86. The number of nitrogens with zero attached hydrogens (tertiary/aromatic N) is 3. The molecule has 1 aromatic rings. The van der Waals surface area contributed by atoms with Gasteiger partial charge in [0.2, 0.25) is 0 Å². The molecule has 1 aliphatic rings. The van der Waals surface area contributed by atoms with Gasteiger partial charge in [0, 0.05) is 20.1 Å². The Labute approximate surface area is 108 Å². The van der Waals surface area contributed by atoms with Gasteiger partial charge in [-0.25, -0.2) is 4.98 Å². The molecule has 1 fully saturated rings. The molecule has 1 aliphatic heterocycles. The van der Waals surface area contributed by atoms with Crippen LogP contribution in [0.3, 0.4) is 0 Å². The summed E-state index contributed by atoms with van der Waals surface area (Å²) in [5.41, 5.74) is 0.667. The molecule has 100 valence electrons. The van der Waals surface area contributed by atoms with Crippen molar-refractivity contribution in [1.29, 1.82) is 0 Å². The molecule has 0 radical (unpaired) electrons. The number of aryl methyl sites for hydroxylation is 1. The molecular weight excluding hydrogens is 228 g/mol. The van der Waals surface area contributed by atoms with E-state index in [-0.39, 0.29) is 5.91 Å². The van der Waals surface area contributed by atoms with Crippen LogP contribution in [0.1, 0.15) is 30.3 Å². The van der Waals surface area contributed by atoms with Gasteiger partial charge in [0.25, 0.3) is 5.91 Å². The zero-order valence-electron chi connectivity index (χ0n) is 11.2. The van der Waals surface area contributed by atoms with E-state index in [1.54, 1.807) is 17.1 Å². The molecular formula is C13H22N4O. The standard InChI is InChI=1S/C13H22N4O/c1-3-17(9-11-5-4-6-14-7-11)13(18)12-8-15-10-16(12)2/h8,10-11,14H,3-7,9H2,1-2H3. The Kier molecular flexibility index (Phi) is 4.36. The lowest BCUT2D eigenvalue weighted by atomic mass is 9.99. The number of amides is 1. The van der Waals surface area contributed by atoms with Crippen LogP contribution in [-0.4, -0.2) is 46.5 Å². The third kappa shape index (κ3) is 2.90. The smallest absolute Gasteiger partial charge is 0.272 e. The van der Waals surface area contributed by atoms with E-state index in [1.165, 1.54) is 12.8 Å². The van der Waals surface area contributed by atoms with Crippen molar-refractivity contribution in [2.75, 3.05) is 26.2 Å². The van der Waals surface area contributed by atoms with E-state index in [1.807, 2.05) is 18.9 Å². The van der Waals surface area contributed by atoms with Gasteiger partial charge in [0.05, 0.1) is 12.5 Å². The van der Waals surface area contributed by atoms with Crippen molar-refractivity contribution in [2.45, 2.75) is 19.8 Å². The number of carbonyl (C=O) groups excluding carboxylic acids is 1. The molecule has 0 bridgehead atoms. The summed E-state index contributed by atoms with van der Waals surface area (Å²) in [5.74, 6) is 0.666. The predicted molar refractivity (Wildman–Crippen MR) is 70.4 cm³/mol. The SMILES string of the molecule is CCN(CC1CCCNC1)C(=O)c1cncn1C. The Hall–Kier alpha value is -1.36. The molecule has 1 saturated heterocycles. The topological polar surface area (TPSA) is 50.2 Å². The average Bonchev–Trinajstić information content (AvgIpc) is 2.82. The molecule has 2 rings (SSSR count). The molecule has 0 spiro atoms. The summed E-state index contributed by atoms with van der Waals surface area (Å²) in [6.45, 7) is 5.76. The van der Waals surface area contributed by atoms with Gasteiger partial charge < -0.3 is 14.8 Å². The summed E-state index contributed by atoms with van der Waals surface area (Å²) >= 11 is 0. The third-order valence-corrected chi connectivity index (χ3v) is 3.58. The Morgan fingerprint density at radius 3 is 3.06 bits per heavy atom. The highest BCUT2D eigenvalue weighted by Gasteiger charge is 2.22. The largest absolute Gasteiger partial charge is 0.337 e. The van der Waals surface area contributed by atoms with Gasteiger partial charge in [-0.15, -0.1) is 0 Å². The first-order valence-corrected chi connectivity index (χ1v) is 6.68. The lowest BCUT2D eigenvalue weighted by molar-refractivity contribution is 0.0719. The second-order valence-electron chi connectivity index (χ2n) is 4.95. The van der Waals surface area contributed by atoms with Crippen LogP contribution in [0.4, 0.5) is 0 Å². The predicted octanol–water partition coefficient (Wildman–Crippen LogP) is 0.882. The van der Waals surface area contributed by atoms with Crippen LogP contribution in [0.2, 0.25) is 0 Å². The fourth-order valence-corrected chi connectivity index (χ4v) is 2.47. The van der Waals surface area contributed by atoms with Gasteiger partial charge in [0.1, 0.15) is 5.69 Å². The van der Waals surface area contributed by atoms with Crippen molar-refractivity contribution >= 4 is 5.91 Å². The minimum Gasteiger partial charge on any atom is -0.337 e. The monoisotopic (exact) mass is 250 g/mol. The molecule has 1 unspecified atom stereocenters. The van der Waals surface area contributed by atoms with Gasteiger partial charge in [-0.3, -0.25) is 4.79 Å². The fourth-order valence-electron chi connectivity index (χ4n) is 2.47. The Balaban J connectivity index is 1.99. The molecule has 5 heteroatoms. The van der Waals surface area contributed by atoms with Gasteiger partial charge in [-0.2, -0.15) is 0 Å². The van der Waals surface area contributed by atoms with Gasteiger partial charge >= 0.3 is 0 Å². The van der Waals surface area contributed by atoms with Crippen LogP contribution >= 0.6 is 0 Å². The van der Waals surface area contributed by atoms with Crippen molar-refractivity contribution in [3.8, 4) is 0 Å². The highest BCUT2D eigenvalue weighted by Crippen LogP contribution is 2.13. The first-order valence-electron chi connectivity index (χ1n) is 6.68. The van der Waals surface area contributed by atoms with E-state index in [2.05, 4.69) is 10.3 Å². The summed E-state index contributed by atoms with van der Waals surface area (Å²) in [6, 6.07) is 0. The summed E-state index contributed by atoms with van der Waals surface area (Å²) in [5, 5.41) is 3.39. The van der Waals surface area contributed by atoms with Gasteiger partial charge in [-0.05, 0) is 38.8 Å². The molecule has 1 aromatic heterocycles. The number of nitrogens with one attached hydrogen (secondary N) is 1. The summed E-state index contributed by atoms with van der Waals surface area (Å²) in [6.07, 6.45) is 5.73. The quantitative estimate of drug-likeness (QED) is 0.863. The highest BCUT2D eigenvalue weighted by atomic mass is 16.2. The van der Waals surface area contributed by atoms with E-state index >= 15 is 0 Å². The zero-order chi connectivity index (χ0) is 13.0. The number of rotatable bonds is 4. The van der Waals surface area contributed by atoms with Crippen molar-refractivity contribution in [3.63, 3.8) is 0 Å². The molecule has 1 amide bonds. The minimum atomic E-state index is 0.0862. The molecule has 5 nitrogen and oxygen atoms in total. The second kappa shape index (κ2) is 6.00. The highest BCUT2D eigenvalue weighted by molar-refractivity contribution is 5.92. The number of aromatic nitrogens is 2. The van der Waals surface area contributed by atoms with Crippen LogP contribution in [0.25, 0.3) is 0 Å². The average molecular weight is 250 g/mol.